The summed E-state index contributed by atoms with van der Waals surface area (Å²) in [7, 11) is -2.02. The van der Waals surface area contributed by atoms with Gasteiger partial charge in [-0.2, -0.15) is 4.31 Å². The van der Waals surface area contributed by atoms with Gasteiger partial charge in [0, 0.05) is 38.0 Å². The van der Waals surface area contributed by atoms with E-state index in [1.165, 1.54) is 28.5 Å². The van der Waals surface area contributed by atoms with E-state index in [4.69, 9.17) is 0 Å². The van der Waals surface area contributed by atoms with E-state index in [9.17, 15) is 22.8 Å². The largest absolute Gasteiger partial charge is 0.348 e. The second-order valence-electron chi connectivity index (χ2n) is 7.75. The van der Waals surface area contributed by atoms with Crippen LogP contribution in [0.25, 0.3) is 0 Å². The monoisotopic (exact) mass is 458 g/mol. The lowest BCUT2D eigenvalue weighted by Crippen LogP contribution is -2.50. The molecule has 9 nitrogen and oxygen atoms in total. The Morgan fingerprint density at radius 3 is 2.28 bits per heavy atom. The first-order valence-corrected chi connectivity index (χ1v) is 11.6. The van der Waals surface area contributed by atoms with Gasteiger partial charge in [-0.25, -0.2) is 13.4 Å². The van der Waals surface area contributed by atoms with Gasteiger partial charge in [0.05, 0.1) is 10.6 Å². The topological polar surface area (TPSA) is 116 Å². The second-order valence-corrected chi connectivity index (χ2v) is 9.75. The van der Waals surface area contributed by atoms with Crippen molar-refractivity contribution in [2.24, 2.45) is 0 Å². The van der Waals surface area contributed by atoms with Gasteiger partial charge in [-0.3, -0.25) is 19.8 Å². The van der Waals surface area contributed by atoms with E-state index >= 15 is 0 Å². The van der Waals surface area contributed by atoms with Crippen LogP contribution in [0.1, 0.15) is 42.6 Å². The molecule has 1 aliphatic rings. The summed E-state index contributed by atoms with van der Waals surface area (Å²) in [5, 5.41) is 3.96. The van der Waals surface area contributed by atoms with Crippen molar-refractivity contribution in [3.05, 3.63) is 59.7 Å². The highest BCUT2D eigenvalue weighted by Gasteiger charge is 2.25. The van der Waals surface area contributed by atoms with Crippen LogP contribution in [-0.2, 0) is 26.2 Å². The van der Waals surface area contributed by atoms with Crippen molar-refractivity contribution in [3.63, 3.8) is 0 Å². The first-order chi connectivity index (χ1) is 15.1. The Bertz CT molecular complexity index is 1110. The summed E-state index contributed by atoms with van der Waals surface area (Å²) in [4.78, 5) is 36.1. The van der Waals surface area contributed by atoms with Gasteiger partial charge < -0.3 is 5.32 Å². The maximum Gasteiger partial charge on any atom is 0.251 e. The average molecular weight is 459 g/mol. The molecular weight excluding hydrogens is 432 g/mol. The smallest absolute Gasteiger partial charge is 0.251 e. The molecule has 0 spiro atoms. The molecule has 2 aromatic carbocycles. The van der Waals surface area contributed by atoms with E-state index in [0.29, 0.717) is 11.3 Å². The zero-order chi connectivity index (χ0) is 23.5. The summed E-state index contributed by atoms with van der Waals surface area (Å²) >= 11 is 0. The molecular formula is C22H26N4O5S. The van der Waals surface area contributed by atoms with Crippen molar-refractivity contribution >= 4 is 33.4 Å². The molecule has 0 bridgehead atoms. The molecule has 0 unspecified atom stereocenters. The summed E-state index contributed by atoms with van der Waals surface area (Å²) in [6.07, 6.45) is 0.305. The fourth-order valence-electron chi connectivity index (χ4n) is 3.05. The Hall–Kier alpha value is -3.24. The number of anilines is 1. The molecule has 3 amide bonds. The molecule has 0 aromatic heterocycles. The number of rotatable bonds is 7. The predicted octanol–water partition coefficient (Wildman–Crippen LogP) is 1.80. The molecule has 2 N–H and O–H groups in total. The molecule has 0 radical (unpaired) electrons. The van der Waals surface area contributed by atoms with Crippen LogP contribution >= 0.6 is 0 Å². The van der Waals surface area contributed by atoms with Crippen molar-refractivity contribution < 1.29 is 22.8 Å². The van der Waals surface area contributed by atoms with Gasteiger partial charge >= 0.3 is 0 Å². The molecule has 2 aromatic rings. The molecule has 32 heavy (non-hydrogen) atoms. The zero-order valence-electron chi connectivity index (χ0n) is 18.2. The van der Waals surface area contributed by atoms with E-state index < -0.39 is 10.0 Å². The maximum atomic E-state index is 12.5. The number of hydrazine groups is 1. The third-order valence-electron chi connectivity index (χ3n) is 5.22. The van der Waals surface area contributed by atoms with Crippen LogP contribution in [0, 0.1) is 0 Å². The number of amides is 3. The quantitative estimate of drug-likeness (QED) is 0.656. The van der Waals surface area contributed by atoms with E-state index in [2.05, 4.69) is 10.7 Å². The van der Waals surface area contributed by atoms with Gasteiger partial charge in [-0.05, 0) is 55.8 Å². The van der Waals surface area contributed by atoms with E-state index in [-0.39, 0.29) is 48.0 Å². The average Bonchev–Trinajstić information content (AvgIpc) is 2.78. The maximum absolute atomic E-state index is 12.5. The summed E-state index contributed by atoms with van der Waals surface area (Å²) in [5.41, 5.74) is 4.12. The third kappa shape index (κ3) is 5.14. The molecule has 0 atom stereocenters. The van der Waals surface area contributed by atoms with Gasteiger partial charge in [0.15, 0.2) is 0 Å². The molecule has 0 saturated carbocycles. The van der Waals surface area contributed by atoms with Crippen LogP contribution in [0.2, 0.25) is 0 Å². The summed E-state index contributed by atoms with van der Waals surface area (Å²) in [6, 6.07) is 12.5. The Morgan fingerprint density at radius 1 is 1.06 bits per heavy atom. The van der Waals surface area contributed by atoms with Crippen molar-refractivity contribution in [2.75, 3.05) is 12.1 Å². The standard InChI is InChI=1S/C22H26N4O5S/c1-15(2)25(3)32(30,31)19-10-4-16(5-11-19)14-23-22(29)17-6-8-18(9-7-17)26-21(28)13-12-20(27)24-26/h4-11,15H,12-14H2,1-3H3,(H,23,29)(H,24,27). The number of nitrogens with one attached hydrogen (secondary N) is 2. The normalized spacial score (nSPS) is 14.6. The summed E-state index contributed by atoms with van der Waals surface area (Å²) < 4.78 is 26.4. The lowest BCUT2D eigenvalue weighted by molar-refractivity contribution is -0.130. The van der Waals surface area contributed by atoms with Crippen LogP contribution in [-0.4, -0.2) is 43.5 Å². The number of hydrogen-bond donors (Lipinski definition) is 2. The van der Waals surface area contributed by atoms with E-state index in [0.717, 1.165) is 5.56 Å². The van der Waals surface area contributed by atoms with Crippen LogP contribution < -0.4 is 15.8 Å². The Labute approximate surface area is 187 Å². The van der Waals surface area contributed by atoms with Crippen LogP contribution in [0.3, 0.4) is 0 Å². The van der Waals surface area contributed by atoms with Crippen molar-refractivity contribution in [1.82, 2.24) is 15.0 Å². The molecule has 1 heterocycles. The van der Waals surface area contributed by atoms with Gasteiger partial charge in [-0.15, -0.1) is 0 Å². The highest BCUT2D eigenvalue weighted by atomic mass is 32.2. The Morgan fingerprint density at radius 2 is 1.69 bits per heavy atom. The minimum Gasteiger partial charge on any atom is -0.348 e. The SMILES string of the molecule is CC(C)N(C)S(=O)(=O)c1ccc(CNC(=O)c2ccc(N3NC(=O)CCC3=O)cc2)cc1. The third-order valence-corrected chi connectivity index (χ3v) is 7.27. The van der Waals surface area contributed by atoms with Crippen LogP contribution in [0.5, 0.6) is 0 Å². The first-order valence-electron chi connectivity index (χ1n) is 10.2. The van der Waals surface area contributed by atoms with Crippen LogP contribution in [0.4, 0.5) is 5.69 Å². The minimum atomic E-state index is -3.56. The molecule has 3 rings (SSSR count). The van der Waals surface area contributed by atoms with Crippen molar-refractivity contribution in [2.45, 2.75) is 44.2 Å². The van der Waals surface area contributed by atoms with Gasteiger partial charge in [0.2, 0.25) is 21.8 Å². The highest BCUT2D eigenvalue weighted by molar-refractivity contribution is 7.89. The van der Waals surface area contributed by atoms with Gasteiger partial charge in [-0.1, -0.05) is 12.1 Å². The number of carbonyl (C=O) groups is 3. The molecule has 1 fully saturated rings. The number of carbonyl (C=O) groups excluding carboxylic acids is 3. The number of nitrogens with zero attached hydrogens (tertiary/aromatic N) is 2. The molecule has 170 valence electrons. The highest BCUT2D eigenvalue weighted by Crippen LogP contribution is 2.19. The summed E-state index contributed by atoms with van der Waals surface area (Å²) in [5.74, 6) is -0.769. The van der Waals surface area contributed by atoms with Gasteiger partial charge in [0.25, 0.3) is 5.91 Å². The first kappa shape index (κ1) is 23.4. The minimum absolute atomic E-state index is 0.141. The predicted molar refractivity (Wildman–Crippen MR) is 119 cm³/mol. The molecule has 0 aliphatic carbocycles. The molecule has 10 heteroatoms. The van der Waals surface area contributed by atoms with Crippen molar-refractivity contribution in [3.8, 4) is 0 Å². The Balaban J connectivity index is 1.61. The van der Waals surface area contributed by atoms with Crippen LogP contribution in [0.15, 0.2) is 53.4 Å². The lowest BCUT2D eigenvalue weighted by Gasteiger charge is -2.27. The van der Waals surface area contributed by atoms with E-state index in [1.807, 2.05) is 0 Å². The number of hydrogen-bond acceptors (Lipinski definition) is 5. The van der Waals surface area contributed by atoms with Crippen molar-refractivity contribution in [1.29, 1.82) is 0 Å². The lowest BCUT2D eigenvalue weighted by atomic mass is 10.1. The molecule has 1 aliphatic heterocycles. The second kappa shape index (κ2) is 9.49. The molecule has 1 saturated heterocycles. The Kier molecular flexibility index (Phi) is 6.95. The number of sulfonamides is 1. The zero-order valence-corrected chi connectivity index (χ0v) is 19.0. The fraction of sp³-hybridized carbons (Fsp3) is 0.318. The fourth-order valence-corrected chi connectivity index (χ4v) is 4.42. The van der Waals surface area contributed by atoms with E-state index in [1.54, 1.807) is 50.2 Å². The summed E-state index contributed by atoms with van der Waals surface area (Å²) in [6.45, 7) is 3.82. The number of benzene rings is 2. The van der Waals surface area contributed by atoms with Gasteiger partial charge in [0.1, 0.15) is 0 Å².